The van der Waals surface area contributed by atoms with Gasteiger partial charge in [-0.05, 0) is 24.3 Å². The van der Waals surface area contributed by atoms with E-state index in [9.17, 15) is 18.4 Å². The molecule has 0 aliphatic heterocycles. The Kier molecular flexibility index (Phi) is 5.52. The zero-order valence-corrected chi connectivity index (χ0v) is 16.2. The van der Waals surface area contributed by atoms with E-state index in [1.54, 1.807) is 30.3 Å². The lowest BCUT2D eigenvalue weighted by Crippen LogP contribution is -2.24. The van der Waals surface area contributed by atoms with E-state index >= 15 is 0 Å². The minimum Gasteiger partial charge on any atom is -0.439 e. The van der Waals surface area contributed by atoms with Crippen LogP contribution >= 0.6 is 11.6 Å². The Hall–Kier alpha value is -2.72. The van der Waals surface area contributed by atoms with E-state index in [0.29, 0.717) is 21.3 Å². The molecule has 8 nitrogen and oxygen atoms in total. The molecule has 3 N–H and O–H groups in total. The quantitative estimate of drug-likeness (QED) is 0.481. The van der Waals surface area contributed by atoms with E-state index in [1.807, 2.05) is 0 Å². The number of benzene rings is 2. The number of amides is 1. The van der Waals surface area contributed by atoms with Crippen LogP contribution in [0.15, 0.2) is 57.8 Å². The third kappa shape index (κ3) is 4.23. The van der Waals surface area contributed by atoms with Crippen LogP contribution in [0.1, 0.15) is 5.89 Å². The number of carbonyl (C=O) groups is 1. The summed E-state index contributed by atoms with van der Waals surface area (Å²) >= 11 is 5.93. The maximum atomic E-state index is 12.0. The van der Waals surface area contributed by atoms with Crippen LogP contribution < -0.4 is 5.14 Å². The lowest BCUT2D eigenvalue weighted by atomic mass is 10.1. The molecule has 0 spiro atoms. The predicted molar refractivity (Wildman–Crippen MR) is 102 cm³/mol. The molecule has 0 atom stereocenters. The first-order valence-corrected chi connectivity index (χ1v) is 9.92. The average molecular weight is 422 g/mol. The zero-order valence-electron chi connectivity index (χ0n) is 14.7. The van der Waals surface area contributed by atoms with Crippen molar-refractivity contribution in [2.75, 3.05) is 7.05 Å². The maximum absolute atomic E-state index is 12.0. The standard InChI is InChI=1S/C18H16ClN3O5S/c1-22(24)16(23)10-15-21-17(11-6-8-12(19)9-7-11)18(27-15)13-4-2-3-5-14(13)28(20,25)26/h2-9,24H,10H2,1H3,(H2,20,25,26). The number of rotatable bonds is 5. The highest BCUT2D eigenvalue weighted by Gasteiger charge is 2.24. The van der Waals surface area contributed by atoms with Crippen molar-refractivity contribution in [3.63, 3.8) is 0 Å². The normalized spacial score (nSPS) is 11.4. The minimum absolute atomic E-state index is 0.00933. The second kappa shape index (κ2) is 7.72. The summed E-state index contributed by atoms with van der Waals surface area (Å²) in [6, 6.07) is 12.7. The predicted octanol–water partition coefficient (Wildman–Crippen LogP) is 2.70. The molecule has 0 saturated heterocycles. The molecule has 1 aromatic heterocycles. The van der Waals surface area contributed by atoms with Crippen molar-refractivity contribution < 1.29 is 22.8 Å². The largest absolute Gasteiger partial charge is 0.439 e. The maximum Gasteiger partial charge on any atom is 0.254 e. The van der Waals surface area contributed by atoms with Crippen molar-refractivity contribution in [2.45, 2.75) is 11.3 Å². The monoisotopic (exact) mass is 421 g/mol. The van der Waals surface area contributed by atoms with Crippen LogP contribution in [0.5, 0.6) is 0 Å². The molecular weight excluding hydrogens is 406 g/mol. The van der Waals surface area contributed by atoms with E-state index < -0.39 is 15.9 Å². The van der Waals surface area contributed by atoms with E-state index in [0.717, 1.165) is 0 Å². The molecule has 0 unspecified atom stereocenters. The van der Waals surface area contributed by atoms with Crippen LogP contribution in [-0.2, 0) is 21.2 Å². The summed E-state index contributed by atoms with van der Waals surface area (Å²) in [5.41, 5.74) is 1.12. The van der Waals surface area contributed by atoms with Crippen molar-refractivity contribution in [1.29, 1.82) is 0 Å². The Morgan fingerprint density at radius 3 is 2.46 bits per heavy atom. The summed E-state index contributed by atoms with van der Waals surface area (Å²) in [6.45, 7) is 0. The van der Waals surface area contributed by atoms with Gasteiger partial charge in [0.2, 0.25) is 15.9 Å². The van der Waals surface area contributed by atoms with Gasteiger partial charge in [-0.3, -0.25) is 10.0 Å². The van der Waals surface area contributed by atoms with E-state index in [4.69, 9.17) is 21.2 Å². The fraction of sp³-hybridized carbons (Fsp3) is 0.111. The van der Waals surface area contributed by atoms with Gasteiger partial charge < -0.3 is 4.42 Å². The molecule has 3 rings (SSSR count). The fourth-order valence-corrected chi connectivity index (χ4v) is 3.43. The minimum atomic E-state index is -4.04. The smallest absolute Gasteiger partial charge is 0.254 e. The van der Waals surface area contributed by atoms with Crippen molar-refractivity contribution in [3.8, 4) is 22.6 Å². The highest BCUT2D eigenvalue weighted by molar-refractivity contribution is 7.89. The number of aromatic nitrogens is 1. The molecule has 10 heteroatoms. The average Bonchev–Trinajstić information content (AvgIpc) is 3.05. The molecule has 146 valence electrons. The van der Waals surface area contributed by atoms with Gasteiger partial charge >= 0.3 is 0 Å². The molecule has 0 aliphatic rings. The Morgan fingerprint density at radius 2 is 1.86 bits per heavy atom. The van der Waals surface area contributed by atoms with Gasteiger partial charge in [0.25, 0.3) is 5.91 Å². The Balaban J connectivity index is 2.21. The molecule has 0 fully saturated rings. The summed E-state index contributed by atoms with van der Waals surface area (Å²) in [5.74, 6) is -0.499. The third-order valence-electron chi connectivity index (χ3n) is 3.89. The first-order chi connectivity index (χ1) is 13.2. The number of halogens is 1. The number of nitrogens with two attached hydrogens (primary N) is 1. The molecular formula is C18H16ClN3O5S. The number of primary sulfonamides is 1. The number of hydrogen-bond donors (Lipinski definition) is 2. The van der Waals surface area contributed by atoms with Crippen molar-refractivity contribution in [1.82, 2.24) is 10.0 Å². The Bertz CT molecular complexity index is 1120. The summed E-state index contributed by atoms with van der Waals surface area (Å²) in [7, 11) is -2.86. The third-order valence-corrected chi connectivity index (χ3v) is 5.11. The second-order valence-electron chi connectivity index (χ2n) is 5.93. The number of likely N-dealkylation sites (N-methyl/N-ethyl adjacent to an activating group) is 1. The molecule has 1 amide bonds. The lowest BCUT2D eigenvalue weighted by molar-refractivity contribution is -0.158. The van der Waals surface area contributed by atoms with Gasteiger partial charge in [0.1, 0.15) is 12.1 Å². The molecule has 0 saturated carbocycles. The van der Waals surface area contributed by atoms with Gasteiger partial charge in [0.05, 0.1) is 4.90 Å². The van der Waals surface area contributed by atoms with Crippen LogP contribution in [0.25, 0.3) is 22.6 Å². The summed E-state index contributed by atoms with van der Waals surface area (Å²) in [5, 5.41) is 15.5. The highest BCUT2D eigenvalue weighted by atomic mass is 35.5. The van der Waals surface area contributed by atoms with Crippen molar-refractivity contribution >= 4 is 27.5 Å². The fourth-order valence-electron chi connectivity index (χ4n) is 2.57. The van der Waals surface area contributed by atoms with Crippen LogP contribution in [0, 0.1) is 0 Å². The number of oxazole rings is 1. The van der Waals surface area contributed by atoms with E-state index in [1.165, 1.54) is 25.2 Å². The van der Waals surface area contributed by atoms with Crippen molar-refractivity contribution in [3.05, 3.63) is 59.4 Å². The van der Waals surface area contributed by atoms with Crippen LogP contribution in [0.3, 0.4) is 0 Å². The van der Waals surface area contributed by atoms with Crippen LogP contribution in [0.4, 0.5) is 0 Å². The van der Waals surface area contributed by atoms with Gasteiger partial charge in [0.15, 0.2) is 5.76 Å². The number of hydroxylamine groups is 2. The zero-order chi connectivity index (χ0) is 20.5. The summed E-state index contributed by atoms with van der Waals surface area (Å²) in [4.78, 5) is 16.0. The summed E-state index contributed by atoms with van der Waals surface area (Å²) in [6.07, 6.45) is -0.314. The summed E-state index contributed by atoms with van der Waals surface area (Å²) < 4.78 is 29.7. The van der Waals surface area contributed by atoms with Gasteiger partial charge in [-0.2, -0.15) is 0 Å². The van der Waals surface area contributed by atoms with Gasteiger partial charge in [-0.25, -0.2) is 23.6 Å². The second-order valence-corrected chi connectivity index (χ2v) is 7.89. The lowest BCUT2D eigenvalue weighted by Gasteiger charge is -2.07. The van der Waals surface area contributed by atoms with Crippen LogP contribution in [0.2, 0.25) is 5.02 Å². The van der Waals surface area contributed by atoms with Gasteiger partial charge in [-0.15, -0.1) is 0 Å². The number of carbonyl (C=O) groups excluding carboxylic acids is 1. The molecule has 0 radical (unpaired) electrons. The molecule has 0 aliphatic carbocycles. The molecule has 3 aromatic rings. The first-order valence-electron chi connectivity index (χ1n) is 8.00. The molecule has 1 heterocycles. The Morgan fingerprint density at radius 1 is 1.21 bits per heavy atom. The molecule has 28 heavy (non-hydrogen) atoms. The van der Waals surface area contributed by atoms with E-state index in [-0.39, 0.29) is 28.5 Å². The SMILES string of the molecule is CN(O)C(=O)Cc1nc(-c2ccc(Cl)cc2)c(-c2ccccc2S(N)(=O)=O)o1. The van der Waals surface area contributed by atoms with E-state index in [2.05, 4.69) is 4.98 Å². The van der Waals surface area contributed by atoms with Crippen LogP contribution in [-0.4, -0.2) is 36.6 Å². The molecule has 2 aromatic carbocycles. The number of sulfonamides is 1. The first kappa shape index (κ1) is 20.0. The Labute approximate surface area is 166 Å². The van der Waals surface area contributed by atoms with Gasteiger partial charge in [-0.1, -0.05) is 35.9 Å². The van der Waals surface area contributed by atoms with Crippen molar-refractivity contribution in [2.24, 2.45) is 5.14 Å². The highest BCUT2D eigenvalue weighted by Crippen LogP contribution is 2.36. The number of nitrogens with zero attached hydrogens (tertiary/aromatic N) is 2. The topological polar surface area (TPSA) is 127 Å². The number of hydrogen-bond acceptors (Lipinski definition) is 6. The molecule has 0 bridgehead atoms. The van der Waals surface area contributed by atoms with Gasteiger partial charge in [0, 0.05) is 23.2 Å².